The number of nitrogen functional groups attached to an aromatic ring is 1. The third kappa shape index (κ3) is 1.70. The average molecular weight is 258 g/mol. The van der Waals surface area contributed by atoms with Gasteiger partial charge >= 0.3 is 0 Å². The number of carbonyl (C=O) groups excluding carboxylic acids is 1. The number of primary amides is 1. The number of fused-ring (bicyclic) bond motifs is 1. The molecule has 0 aliphatic heterocycles. The van der Waals surface area contributed by atoms with E-state index in [-0.39, 0.29) is 16.1 Å². The lowest BCUT2D eigenvalue weighted by Crippen LogP contribution is -2.10. The van der Waals surface area contributed by atoms with E-state index >= 15 is 0 Å². The van der Waals surface area contributed by atoms with Gasteiger partial charge in [-0.25, -0.2) is 8.78 Å². The Balaban J connectivity index is 2.81. The minimum atomic E-state index is -2.73. The number of thiophene rings is 1. The largest absolute Gasteiger partial charge is 0.397 e. The zero-order chi connectivity index (χ0) is 12.7. The molecule has 0 aromatic carbocycles. The van der Waals surface area contributed by atoms with Crippen molar-refractivity contribution < 1.29 is 13.6 Å². The molecule has 0 saturated heterocycles. The summed E-state index contributed by atoms with van der Waals surface area (Å²) in [5.41, 5.74) is 10.7. The van der Waals surface area contributed by atoms with E-state index in [0.717, 1.165) is 11.3 Å². The van der Waals surface area contributed by atoms with Crippen molar-refractivity contribution in [3.8, 4) is 0 Å². The summed E-state index contributed by atoms with van der Waals surface area (Å²) in [5.74, 6) is -0.705. The number of aromatic nitrogens is 2. The molecule has 4 N–H and O–H groups in total. The molecule has 0 aliphatic carbocycles. The standard InChI is InChI=1S/C9H8F2N4OS/c1-2-3-4(12)6(8(13)16)17-9(3)15-14-5(2)7(10)11/h7H,12H2,1H3,(H2,13,16). The second kappa shape index (κ2) is 3.88. The van der Waals surface area contributed by atoms with Crippen LogP contribution in [0.15, 0.2) is 0 Å². The highest BCUT2D eigenvalue weighted by Crippen LogP contribution is 2.36. The summed E-state index contributed by atoms with van der Waals surface area (Å²) >= 11 is 0.949. The molecule has 17 heavy (non-hydrogen) atoms. The normalized spacial score (nSPS) is 11.3. The van der Waals surface area contributed by atoms with Gasteiger partial charge in [0.25, 0.3) is 12.3 Å². The fraction of sp³-hybridized carbons (Fsp3) is 0.222. The van der Waals surface area contributed by atoms with Gasteiger partial charge in [0.2, 0.25) is 0 Å². The molecule has 0 atom stereocenters. The Bertz CT molecular complexity index is 611. The predicted octanol–water partition coefficient (Wildman–Crippen LogP) is 1.62. The predicted molar refractivity (Wildman–Crippen MR) is 60.0 cm³/mol. The Hall–Kier alpha value is -1.83. The van der Waals surface area contributed by atoms with E-state index in [1.165, 1.54) is 6.92 Å². The number of aryl methyl sites for hydroxylation is 1. The van der Waals surface area contributed by atoms with E-state index in [9.17, 15) is 13.6 Å². The molecule has 2 aromatic rings. The maximum absolute atomic E-state index is 12.6. The molecule has 8 heteroatoms. The van der Waals surface area contributed by atoms with Gasteiger partial charge in [-0.05, 0) is 12.5 Å². The fourth-order valence-electron chi connectivity index (χ4n) is 1.56. The lowest BCUT2D eigenvalue weighted by Gasteiger charge is -2.03. The lowest BCUT2D eigenvalue weighted by molar-refractivity contribution is 0.100. The minimum Gasteiger partial charge on any atom is -0.397 e. The Morgan fingerprint density at radius 3 is 2.59 bits per heavy atom. The first-order chi connectivity index (χ1) is 7.93. The van der Waals surface area contributed by atoms with E-state index < -0.39 is 18.0 Å². The molecule has 1 amide bonds. The third-order valence-corrected chi connectivity index (χ3v) is 3.47. The highest BCUT2D eigenvalue weighted by atomic mass is 32.1. The fourth-order valence-corrected chi connectivity index (χ4v) is 2.51. The van der Waals surface area contributed by atoms with Gasteiger partial charge in [-0.3, -0.25) is 4.79 Å². The first-order valence-electron chi connectivity index (χ1n) is 4.56. The topological polar surface area (TPSA) is 94.9 Å². The maximum atomic E-state index is 12.6. The summed E-state index contributed by atoms with van der Waals surface area (Å²) in [5, 5.41) is 7.38. The Labute approximate surface area is 98.4 Å². The van der Waals surface area contributed by atoms with Crippen LogP contribution in [0.3, 0.4) is 0 Å². The summed E-state index contributed by atoms with van der Waals surface area (Å²) in [6.45, 7) is 1.46. The Morgan fingerprint density at radius 2 is 2.06 bits per heavy atom. The van der Waals surface area contributed by atoms with Crippen LogP contribution < -0.4 is 11.5 Å². The van der Waals surface area contributed by atoms with Crippen LogP contribution >= 0.6 is 11.3 Å². The second-order valence-electron chi connectivity index (χ2n) is 3.40. The van der Waals surface area contributed by atoms with Crippen molar-refractivity contribution in [2.45, 2.75) is 13.3 Å². The van der Waals surface area contributed by atoms with Crippen LogP contribution in [0.25, 0.3) is 10.2 Å². The van der Waals surface area contributed by atoms with Gasteiger partial charge in [0.15, 0.2) is 0 Å². The van der Waals surface area contributed by atoms with Gasteiger partial charge < -0.3 is 11.5 Å². The molecular formula is C9H8F2N4OS. The second-order valence-corrected chi connectivity index (χ2v) is 4.40. The monoisotopic (exact) mass is 258 g/mol. The number of carbonyl (C=O) groups is 1. The van der Waals surface area contributed by atoms with Crippen molar-refractivity contribution in [1.29, 1.82) is 0 Å². The van der Waals surface area contributed by atoms with Gasteiger partial charge in [-0.15, -0.1) is 21.5 Å². The summed E-state index contributed by atoms with van der Waals surface area (Å²) in [6.07, 6.45) is -2.73. The number of hydrogen-bond acceptors (Lipinski definition) is 5. The number of nitrogens with two attached hydrogens (primary N) is 2. The van der Waals surface area contributed by atoms with E-state index in [1.807, 2.05) is 0 Å². The highest BCUT2D eigenvalue weighted by Gasteiger charge is 2.22. The van der Waals surface area contributed by atoms with Crippen molar-refractivity contribution in [2.24, 2.45) is 5.73 Å². The Kier molecular flexibility index (Phi) is 2.66. The zero-order valence-electron chi connectivity index (χ0n) is 8.70. The third-order valence-electron chi connectivity index (χ3n) is 2.36. The van der Waals surface area contributed by atoms with Gasteiger partial charge in [0.1, 0.15) is 15.4 Å². The van der Waals surface area contributed by atoms with Crippen LogP contribution in [0.1, 0.15) is 27.4 Å². The van der Waals surface area contributed by atoms with E-state index in [2.05, 4.69) is 10.2 Å². The van der Waals surface area contributed by atoms with Crippen LogP contribution in [0.5, 0.6) is 0 Å². The van der Waals surface area contributed by atoms with Crippen molar-refractivity contribution in [3.05, 3.63) is 16.1 Å². The number of halogens is 2. The first kappa shape index (κ1) is 11.6. The van der Waals surface area contributed by atoms with E-state index in [1.54, 1.807) is 0 Å². The summed E-state index contributed by atoms with van der Waals surface area (Å²) in [7, 11) is 0. The number of rotatable bonds is 2. The SMILES string of the molecule is Cc1c(C(F)F)nnc2sc(C(N)=O)c(N)c12. The zero-order valence-corrected chi connectivity index (χ0v) is 9.52. The first-order valence-corrected chi connectivity index (χ1v) is 5.38. The number of amides is 1. The van der Waals surface area contributed by atoms with Crippen LogP contribution in [0.4, 0.5) is 14.5 Å². The number of anilines is 1. The molecule has 2 rings (SSSR count). The maximum Gasteiger partial charge on any atom is 0.282 e. The number of alkyl halides is 2. The molecule has 0 bridgehead atoms. The minimum absolute atomic E-state index is 0.0896. The van der Waals surface area contributed by atoms with Gasteiger partial charge in [-0.2, -0.15) is 0 Å². The number of hydrogen-bond donors (Lipinski definition) is 2. The smallest absolute Gasteiger partial charge is 0.282 e. The van der Waals surface area contributed by atoms with Gasteiger partial charge in [0, 0.05) is 5.39 Å². The summed E-state index contributed by atoms with van der Waals surface area (Å²) < 4.78 is 25.2. The van der Waals surface area contributed by atoms with Crippen molar-refractivity contribution in [1.82, 2.24) is 10.2 Å². The Morgan fingerprint density at radius 1 is 1.41 bits per heavy atom. The highest BCUT2D eigenvalue weighted by molar-refractivity contribution is 7.21. The van der Waals surface area contributed by atoms with Crippen LogP contribution in [0, 0.1) is 6.92 Å². The quantitative estimate of drug-likeness (QED) is 0.855. The molecule has 0 radical (unpaired) electrons. The molecule has 0 aliphatic rings. The van der Waals surface area contributed by atoms with E-state index in [4.69, 9.17) is 11.5 Å². The molecule has 2 aromatic heterocycles. The molecule has 2 heterocycles. The van der Waals surface area contributed by atoms with Crippen LogP contribution in [0.2, 0.25) is 0 Å². The molecule has 0 unspecified atom stereocenters. The van der Waals surface area contributed by atoms with Crippen molar-refractivity contribution in [2.75, 3.05) is 5.73 Å². The van der Waals surface area contributed by atoms with Gasteiger partial charge in [-0.1, -0.05) is 0 Å². The number of nitrogens with zero attached hydrogens (tertiary/aromatic N) is 2. The van der Waals surface area contributed by atoms with Crippen molar-refractivity contribution in [3.63, 3.8) is 0 Å². The molecule has 90 valence electrons. The molecule has 0 saturated carbocycles. The van der Waals surface area contributed by atoms with Gasteiger partial charge in [0.05, 0.1) is 5.69 Å². The molecular weight excluding hydrogens is 250 g/mol. The molecule has 0 fully saturated rings. The van der Waals surface area contributed by atoms with E-state index in [0.29, 0.717) is 10.2 Å². The summed E-state index contributed by atoms with van der Waals surface area (Å²) in [4.78, 5) is 11.5. The van der Waals surface area contributed by atoms with Crippen molar-refractivity contribution >= 4 is 33.1 Å². The van der Waals surface area contributed by atoms with Crippen LogP contribution in [-0.4, -0.2) is 16.1 Å². The molecule has 0 spiro atoms. The molecule has 5 nitrogen and oxygen atoms in total. The average Bonchev–Trinajstić information content (AvgIpc) is 2.56. The van der Waals surface area contributed by atoms with Crippen LogP contribution in [-0.2, 0) is 0 Å². The summed E-state index contributed by atoms with van der Waals surface area (Å²) in [6, 6.07) is 0. The lowest BCUT2D eigenvalue weighted by atomic mass is 10.1.